The zero-order valence-electron chi connectivity index (χ0n) is 18.5. The highest BCUT2D eigenvalue weighted by Crippen LogP contribution is 2.28. The summed E-state index contributed by atoms with van der Waals surface area (Å²) >= 11 is 3.35. The Morgan fingerprint density at radius 2 is 1.84 bits per heavy atom. The van der Waals surface area contributed by atoms with E-state index in [1.54, 1.807) is 56.5 Å². The third-order valence-corrected chi connectivity index (χ3v) is 6.72. The lowest BCUT2D eigenvalue weighted by Gasteiger charge is -2.32. The number of carbonyl (C=O) groups is 2. The third-order valence-electron chi connectivity index (χ3n) is 4.92. The van der Waals surface area contributed by atoms with Crippen molar-refractivity contribution in [1.29, 1.82) is 0 Å². The molecule has 0 saturated heterocycles. The maximum absolute atomic E-state index is 13.5. The van der Waals surface area contributed by atoms with Gasteiger partial charge in [0.05, 0.1) is 19.1 Å². The number of anilines is 1. The molecule has 1 atom stereocenters. The maximum Gasteiger partial charge on any atom is 0.244 e. The van der Waals surface area contributed by atoms with E-state index in [1.165, 1.54) is 11.9 Å². The van der Waals surface area contributed by atoms with Crippen LogP contribution >= 0.6 is 15.9 Å². The molecule has 0 radical (unpaired) electrons. The normalized spacial score (nSPS) is 12.0. The van der Waals surface area contributed by atoms with Gasteiger partial charge in [-0.15, -0.1) is 0 Å². The first-order valence-corrected chi connectivity index (χ1v) is 12.6. The monoisotopic (exact) mass is 525 g/mol. The highest BCUT2D eigenvalue weighted by atomic mass is 79.9. The Morgan fingerprint density at radius 3 is 2.41 bits per heavy atom. The topological polar surface area (TPSA) is 96.0 Å². The van der Waals surface area contributed by atoms with Gasteiger partial charge in [0.1, 0.15) is 18.3 Å². The number of likely N-dealkylation sites (N-methyl/N-ethyl adjacent to an activating group) is 1. The van der Waals surface area contributed by atoms with Crippen LogP contribution in [0.1, 0.15) is 18.9 Å². The summed E-state index contributed by atoms with van der Waals surface area (Å²) in [7, 11) is -0.728. The predicted molar refractivity (Wildman–Crippen MR) is 128 cm³/mol. The second-order valence-corrected chi connectivity index (χ2v) is 9.89. The van der Waals surface area contributed by atoms with Gasteiger partial charge in [-0.25, -0.2) is 8.42 Å². The van der Waals surface area contributed by atoms with Gasteiger partial charge in [0.2, 0.25) is 21.8 Å². The summed E-state index contributed by atoms with van der Waals surface area (Å²) in [5.41, 5.74) is 1.10. The predicted octanol–water partition coefficient (Wildman–Crippen LogP) is 2.78. The molecule has 0 unspecified atom stereocenters. The summed E-state index contributed by atoms with van der Waals surface area (Å²) in [5.74, 6) is -0.200. The number of amides is 2. The van der Waals surface area contributed by atoms with Crippen molar-refractivity contribution in [2.24, 2.45) is 0 Å². The molecule has 2 rings (SSSR count). The van der Waals surface area contributed by atoms with Crippen molar-refractivity contribution in [1.82, 2.24) is 10.2 Å². The van der Waals surface area contributed by atoms with E-state index in [-0.39, 0.29) is 12.5 Å². The number of carbonyl (C=O) groups excluding carboxylic acids is 2. The molecule has 32 heavy (non-hydrogen) atoms. The lowest BCUT2D eigenvalue weighted by Crippen LogP contribution is -2.51. The molecule has 0 saturated carbocycles. The average molecular weight is 526 g/mol. The van der Waals surface area contributed by atoms with Crippen molar-refractivity contribution in [2.75, 3.05) is 31.3 Å². The quantitative estimate of drug-likeness (QED) is 0.514. The number of methoxy groups -OCH3 is 1. The van der Waals surface area contributed by atoms with E-state index in [9.17, 15) is 18.0 Å². The summed E-state index contributed by atoms with van der Waals surface area (Å²) in [6.07, 6.45) is 1.41. The number of sulfonamides is 1. The van der Waals surface area contributed by atoms with Crippen LogP contribution in [-0.4, -0.2) is 58.1 Å². The van der Waals surface area contributed by atoms with E-state index >= 15 is 0 Å². The van der Waals surface area contributed by atoms with Gasteiger partial charge in [0.25, 0.3) is 0 Å². The fraction of sp³-hybridized carbons (Fsp3) is 0.364. The van der Waals surface area contributed by atoms with E-state index in [0.717, 1.165) is 16.1 Å². The van der Waals surface area contributed by atoms with Crippen LogP contribution in [0.5, 0.6) is 5.75 Å². The third kappa shape index (κ3) is 6.46. The number of ether oxygens (including phenoxy) is 1. The molecule has 0 aliphatic rings. The molecule has 8 nitrogen and oxygen atoms in total. The minimum Gasteiger partial charge on any atom is -0.497 e. The smallest absolute Gasteiger partial charge is 0.244 e. The average Bonchev–Trinajstić information content (AvgIpc) is 2.76. The van der Waals surface area contributed by atoms with E-state index in [1.807, 2.05) is 6.07 Å². The van der Waals surface area contributed by atoms with Gasteiger partial charge in [-0.2, -0.15) is 0 Å². The van der Waals surface area contributed by atoms with Crippen LogP contribution in [0.3, 0.4) is 0 Å². The molecule has 2 amide bonds. The molecule has 2 aromatic carbocycles. The number of para-hydroxylation sites is 1. The van der Waals surface area contributed by atoms with Crippen LogP contribution in [0.15, 0.2) is 53.0 Å². The van der Waals surface area contributed by atoms with Crippen molar-refractivity contribution >= 4 is 43.5 Å². The van der Waals surface area contributed by atoms with Crippen molar-refractivity contribution in [2.45, 2.75) is 25.9 Å². The second-order valence-electron chi connectivity index (χ2n) is 7.13. The van der Waals surface area contributed by atoms with E-state index in [2.05, 4.69) is 21.2 Å². The first-order chi connectivity index (χ1) is 15.1. The number of hydrogen-bond donors (Lipinski definition) is 1. The fourth-order valence-electron chi connectivity index (χ4n) is 3.30. The van der Waals surface area contributed by atoms with Gasteiger partial charge in [0.15, 0.2) is 0 Å². The van der Waals surface area contributed by atoms with Gasteiger partial charge >= 0.3 is 0 Å². The Bertz CT molecular complexity index is 1060. The lowest BCUT2D eigenvalue weighted by atomic mass is 10.1. The van der Waals surface area contributed by atoms with Crippen molar-refractivity contribution in [3.63, 3.8) is 0 Å². The standard InChI is InChI=1S/C22H28BrN3O5S/c1-5-19(22(28)24-2)25(14-16-9-8-10-17(13-16)31-3)21(27)15-26(32(4,29)30)20-12-7-6-11-18(20)23/h6-13,19H,5,14-15H2,1-4H3,(H,24,28)/t19-/m0/s1. The lowest BCUT2D eigenvalue weighted by molar-refractivity contribution is -0.140. The van der Waals surface area contributed by atoms with Crippen LogP contribution in [0.2, 0.25) is 0 Å². The molecule has 0 fully saturated rings. The van der Waals surface area contributed by atoms with Gasteiger partial charge in [0, 0.05) is 18.1 Å². The second kappa shape index (κ2) is 11.3. The molecule has 0 aromatic heterocycles. The molecule has 0 aliphatic heterocycles. The van der Waals surface area contributed by atoms with Crippen molar-refractivity contribution in [3.05, 3.63) is 58.6 Å². The van der Waals surface area contributed by atoms with Gasteiger partial charge in [-0.3, -0.25) is 13.9 Å². The van der Waals surface area contributed by atoms with Crippen LogP contribution in [0.25, 0.3) is 0 Å². The summed E-state index contributed by atoms with van der Waals surface area (Å²) in [4.78, 5) is 27.4. The summed E-state index contributed by atoms with van der Waals surface area (Å²) in [6, 6.07) is 13.2. The SMILES string of the molecule is CC[C@@H](C(=O)NC)N(Cc1cccc(OC)c1)C(=O)CN(c1ccccc1Br)S(C)(=O)=O. The Morgan fingerprint density at radius 1 is 1.16 bits per heavy atom. The molecule has 174 valence electrons. The Kier molecular flexibility index (Phi) is 9.09. The molecule has 0 bridgehead atoms. The van der Waals surface area contributed by atoms with E-state index in [4.69, 9.17) is 4.74 Å². The van der Waals surface area contributed by atoms with E-state index < -0.39 is 28.5 Å². The van der Waals surface area contributed by atoms with Gasteiger partial charge in [-0.05, 0) is 52.2 Å². The first kappa shape index (κ1) is 25.7. The molecular formula is C22H28BrN3O5S. The number of benzene rings is 2. The Labute approximate surface area is 197 Å². The van der Waals surface area contributed by atoms with Gasteiger partial charge < -0.3 is 15.0 Å². The fourth-order valence-corrected chi connectivity index (χ4v) is 4.78. The van der Waals surface area contributed by atoms with Crippen LogP contribution in [0.4, 0.5) is 5.69 Å². The van der Waals surface area contributed by atoms with Crippen LogP contribution in [0, 0.1) is 0 Å². The molecule has 0 spiro atoms. The number of rotatable bonds is 10. The van der Waals surface area contributed by atoms with Gasteiger partial charge in [-0.1, -0.05) is 31.2 Å². The molecular weight excluding hydrogens is 498 g/mol. The number of halogens is 1. The minimum atomic E-state index is -3.78. The maximum atomic E-state index is 13.5. The highest BCUT2D eigenvalue weighted by Gasteiger charge is 2.31. The van der Waals surface area contributed by atoms with E-state index in [0.29, 0.717) is 22.3 Å². The summed E-state index contributed by atoms with van der Waals surface area (Å²) in [5, 5.41) is 2.59. The molecule has 2 aromatic rings. The van der Waals surface area contributed by atoms with Crippen molar-refractivity contribution in [3.8, 4) is 5.75 Å². The Hall–Kier alpha value is -2.59. The summed E-state index contributed by atoms with van der Waals surface area (Å²) in [6.45, 7) is 1.47. The van der Waals surface area contributed by atoms with Crippen LogP contribution < -0.4 is 14.4 Å². The first-order valence-electron chi connectivity index (χ1n) is 9.98. The van der Waals surface area contributed by atoms with Crippen LogP contribution in [-0.2, 0) is 26.2 Å². The molecule has 0 aliphatic carbocycles. The number of nitrogens with one attached hydrogen (secondary N) is 1. The largest absolute Gasteiger partial charge is 0.497 e. The zero-order valence-corrected chi connectivity index (χ0v) is 20.9. The minimum absolute atomic E-state index is 0.121. The number of nitrogens with zero attached hydrogens (tertiary/aromatic N) is 2. The highest BCUT2D eigenvalue weighted by molar-refractivity contribution is 9.10. The molecule has 10 heteroatoms. The number of hydrogen-bond acceptors (Lipinski definition) is 5. The van der Waals surface area contributed by atoms with Crippen molar-refractivity contribution < 1.29 is 22.7 Å². The molecule has 0 heterocycles. The summed E-state index contributed by atoms with van der Waals surface area (Å²) < 4.78 is 31.9. The zero-order chi connectivity index (χ0) is 23.9. The Balaban J connectivity index is 2.45. The molecule has 1 N–H and O–H groups in total.